The van der Waals surface area contributed by atoms with E-state index >= 15 is 0 Å². The van der Waals surface area contributed by atoms with Crippen molar-refractivity contribution in [1.82, 2.24) is 4.72 Å². The van der Waals surface area contributed by atoms with Crippen molar-refractivity contribution in [3.8, 4) is 0 Å². The summed E-state index contributed by atoms with van der Waals surface area (Å²) in [5.41, 5.74) is 6.02. The number of sulfonamides is 1. The molecule has 90 valence electrons. The Balaban J connectivity index is 2.94. The van der Waals surface area contributed by atoms with Gasteiger partial charge in [-0.15, -0.1) is 0 Å². The highest BCUT2D eigenvalue weighted by Gasteiger charge is 2.15. The molecular formula is C9H13BrN2O3S. The average Bonchev–Trinajstić information content (AvgIpc) is 2.19. The minimum Gasteiger partial charge on any atom is -0.398 e. The van der Waals surface area contributed by atoms with Crippen LogP contribution in [0.2, 0.25) is 0 Å². The highest BCUT2D eigenvalue weighted by molar-refractivity contribution is 9.10. The van der Waals surface area contributed by atoms with E-state index in [9.17, 15) is 8.42 Å². The van der Waals surface area contributed by atoms with E-state index < -0.39 is 16.1 Å². The topological polar surface area (TPSA) is 92.4 Å². The number of halogens is 1. The molecule has 0 fully saturated rings. The summed E-state index contributed by atoms with van der Waals surface area (Å²) < 4.78 is 26.2. The lowest BCUT2D eigenvalue weighted by Gasteiger charge is -2.09. The van der Waals surface area contributed by atoms with Crippen LogP contribution in [0.15, 0.2) is 27.6 Å². The third kappa shape index (κ3) is 3.44. The van der Waals surface area contributed by atoms with Gasteiger partial charge in [-0.3, -0.25) is 0 Å². The molecule has 5 nitrogen and oxygen atoms in total. The Bertz CT molecular complexity index is 474. The zero-order valence-corrected chi connectivity index (χ0v) is 11.0. The number of rotatable bonds is 4. The number of benzene rings is 1. The van der Waals surface area contributed by atoms with Crippen LogP contribution in [0.1, 0.15) is 6.92 Å². The molecular weight excluding hydrogens is 296 g/mol. The average molecular weight is 309 g/mol. The van der Waals surface area contributed by atoms with Gasteiger partial charge in [-0.2, -0.15) is 0 Å². The molecule has 0 aliphatic rings. The Morgan fingerprint density at radius 2 is 2.19 bits per heavy atom. The van der Waals surface area contributed by atoms with Gasteiger partial charge in [0.2, 0.25) is 10.0 Å². The number of hydrogen-bond donors (Lipinski definition) is 3. The summed E-state index contributed by atoms with van der Waals surface area (Å²) in [6.45, 7) is 1.48. The standard InChI is InChI=1S/C9H13BrN2O3S/c1-6(13)5-12-16(14,15)7-2-3-9(11)8(10)4-7/h2-4,6,12-13H,5,11H2,1H3/t6-/m0/s1. The summed E-state index contributed by atoms with van der Waals surface area (Å²) in [6.07, 6.45) is -0.730. The molecule has 0 spiro atoms. The second kappa shape index (κ2) is 5.13. The smallest absolute Gasteiger partial charge is 0.240 e. The predicted molar refractivity (Wildman–Crippen MR) is 65.4 cm³/mol. The molecule has 4 N–H and O–H groups in total. The van der Waals surface area contributed by atoms with Crippen LogP contribution in [0.5, 0.6) is 0 Å². The fourth-order valence-corrected chi connectivity index (χ4v) is 2.67. The number of aliphatic hydroxyl groups is 1. The fourth-order valence-electron chi connectivity index (χ4n) is 0.989. The third-order valence-corrected chi connectivity index (χ3v) is 3.96. The molecule has 0 aliphatic carbocycles. The number of aliphatic hydroxyl groups excluding tert-OH is 1. The molecule has 0 heterocycles. The maximum absolute atomic E-state index is 11.7. The normalized spacial score (nSPS) is 13.7. The summed E-state index contributed by atoms with van der Waals surface area (Å²) >= 11 is 3.15. The molecule has 0 amide bonds. The van der Waals surface area contributed by atoms with Gasteiger partial charge in [-0.25, -0.2) is 13.1 Å². The second-order valence-corrected chi connectivity index (χ2v) is 6.01. The molecule has 0 unspecified atom stereocenters. The van der Waals surface area contributed by atoms with Gasteiger partial charge >= 0.3 is 0 Å². The molecule has 0 aromatic heterocycles. The molecule has 1 aromatic rings. The number of nitrogen functional groups attached to an aromatic ring is 1. The molecule has 16 heavy (non-hydrogen) atoms. The van der Waals surface area contributed by atoms with Gasteiger partial charge in [-0.05, 0) is 41.1 Å². The summed E-state index contributed by atoms with van der Waals surface area (Å²) in [5, 5.41) is 9.01. The first-order valence-electron chi connectivity index (χ1n) is 4.55. The van der Waals surface area contributed by atoms with Crippen LogP contribution in [0.4, 0.5) is 5.69 Å². The number of nitrogens with one attached hydrogen (secondary N) is 1. The number of anilines is 1. The lowest BCUT2D eigenvalue weighted by Crippen LogP contribution is -2.30. The maximum Gasteiger partial charge on any atom is 0.240 e. The zero-order valence-electron chi connectivity index (χ0n) is 8.64. The summed E-state index contributed by atoms with van der Waals surface area (Å²) in [6, 6.07) is 4.32. The van der Waals surface area contributed by atoms with Crippen LogP contribution in [0.25, 0.3) is 0 Å². The Morgan fingerprint density at radius 1 is 1.56 bits per heavy atom. The van der Waals surface area contributed by atoms with Crippen LogP contribution in [0, 0.1) is 0 Å². The Labute approximate surface area is 103 Å². The van der Waals surface area contributed by atoms with E-state index in [4.69, 9.17) is 10.8 Å². The van der Waals surface area contributed by atoms with Gasteiger partial charge in [-0.1, -0.05) is 0 Å². The molecule has 0 saturated carbocycles. The molecule has 1 atom stereocenters. The Hall–Kier alpha value is -0.630. The highest BCUT2D eigenvalue weighted by Crippen LogP contribution is 2.22. The predicted octanol–water partition coefficient (Wildman–Crippen LogP) is 0.690. The quantitative estimate of drug-likeness (QED) is 0.714. The fraction of sp³-hybridized carbons (Fsp3) is 0.333. The van der Waals surface area contributed by atoms with E-state index in [1.165, 1.54) is 25.1 Å². The van der Waals surface area contributed by atoms with Crippen molar-refractivity contribution in [3.63, 3.8) is 0 Å². The second-order valence-electron chi connectivity index (χ2n) is 3.38. The first kappa shape index (κ1) is 13.4. The SMILES string of the molecule is C[C@H](O)CNS(=O)(=O)c1ccc(N)c(Br)c1. The van der Waals surface area contributed by atoms with Gasteiger partial charge in [0.15, 0.2) is 0 Å². The number of nitrogens with two attached hydrogens (primary N) is 1. The molecule has 7 heteroatoms. The van der Waals surface area contributed by atoms with E-state index in [1.54, 1.807) is 0 Å². The largest absolute Gasteiger partial charge is 0.398 e. The summed E-state index contributed by atoms with van der Waals surface area (Å²) in [4.78, 5) is 0.106. The van der Waals surface area contributed by atoms with Gasteiger partial charge in [0.25, 0.3) is 0 Å². The molecule has 0 aliphatic heterocycles. The van der Waals surface area contributed by atoms with Gasteiger partial charge in [0.1, 0.15) is 0 Å². The summed E-state index contributed by atoms with van der Waals surface area (Å²) in [7, 11) is -3.59. The van der Waals surface area contributed by atoms with E-state index in [2.05, 4.69) is 20.7 Å². The van der Waals surface area contributed by atoms with Crippen molar-refractivity contribution in [1.29, 1.82) is 0 Å². The number of hydrogen-bond acceptors (Lipinski definition) is 4. The lowest BCUT2D eigenvalue weighted by atomic mass is 10.3. The van der Waals surface area contributed by atoms with E-state index in [0.29, 0.717) is 10.2 Å². The lowest BCUT2D eigenvalue weighted by molar-refractivity contribution is 0.198. The molecule has 1 aromatic carbocycles. The van der Waals surface area contributed by atoms with E-state index in [0.717, 1.165) is 0 Å². The van der Waals surface area contributed by atoms with Crippen molar-refractivity contribution in [3.05, 3.63) is 22.7 Å². The van der Waals surface area contributed by atoms with Crippen LogP contribution in [0.3, 0.4) is 0 Å². The van der Waals surface area contributed by atoms with E-state index in [1.807, 2.05) is 0 Å². The van der Waals surface area contributed by atoms with Crippen molar-refractivity contribution in [2.75, 3.05) is 12.3 Å². The van der Waals surface area contributed by atoms with Gasteiger partial charge < -0.3 is 10.8 Å². The first-order chi connectivity index (χ1) is 7.33. The molecule has 0 bridgehead atoms. The first-order valence-corrected chi connectivity index (χ1v) is 6.83. The van der Waals surface area contributed by atoms with Crippen LogP contribution >= 0.6 is 15.9 Å². The van der Waals surface area contributed by atoms with Crippen LogP contribution in [-0.2, 0) is 10.0 Å². The van der Waals surface area contributed by atoms with Gasteiger partial charge in [0.05, 0.1) is 11.0 Å². The van der Waals surface area contributed by atoms with Crippen LogP contribution < -0.4 is 10.5 Å². The minimum atomic E-state index is -3.59. The zero-order chi connectivity index (χ0) is 12.3. The minimum absolute atomic E-state index is 0.0235. The Morgan fingerprint density at radius 3 is 2.69 bits per heavy atom. The third-order valence-electron chi connectivity index (χ3n) is 1.85. The Kier molecular flexibility index (Phi) is 4.31. The molecule has 0 saturated heterocycles. The van der Waals surface area contributed by atoms with Crippen molar-refractivity contribution in [2.45, 2.75) is 17.9 Å². The molecule has 0 radical (unpaired) electrons. The monoisotopic (exact) mass is 308 g/mol. The molecule has 1 rings (SSSR count). The maximum atomic E-state index is 11.7. The van der Waals surface area contributed by atoms with Crippen molar-refractivity contribution < 1.29 is 13.5 Å². The van der Waals surface area contributed by atoms with Crippen molar-refractivity contribution in [2.24, 2.45) is 0 Å². The summed E-state index contributed by atoms with van der Waals surface area (Å²) in [5.74, 6) is 0. The van der Waals surface area contributed by atoms with Crippen molar-refractivity contribution >= 4 is 31.6 Å². The highest BCUT2D eigenvalue weighted by atomic mass is 79.9. The van der Waals surface area contributed by atoms with Gasteiger partial charge in [0, 0.05) is 16.7 Å². The van der Waals surface area contributed by atoms with E-state index in [-0.39, 0.29) is 11.4 Å². The van der Waals surface area contributed by atoms with Crippen LogP contribution in [-0.4, -0.2) is 26.2 Å².